The summed E-state index contributed by atoms with van der Waals surface area (Å²) in [5, 5.41) is 16.0. The highest BCUT2D eigenvalue weighted by atomic mass is 35.5. The summed E-state index contributed by atoms with van der Waals surface area (Å²) in [6.45, 7) is 0.916. The summed E-state index contributed by atoms with van der Waals surface area (Å²) in [6, 6.07) is 4.55. The highest BCUT2D eigenvalue weighted by Crippen LogP contribution is 2.56. The van der Waals surface area contributed by atoms with Gasteiger partial charge in [0.2, 0.25) is 0 Å². The van der Waals surface area contributed by atoms with Crippen LogP contribution in [-0.4, -0.2) is 38.1 Å². The number of nitrogens with zero attached hydrogens (tertiary/aromatic N) is 3. The maximum absolute atomic E-state index is 13.4. The van der Waals surface area contributed by atoms with Crippen LogP contribution in [0.5, 0.6) is 0 Å². The number of fused-ring (bicyclic) bond motifs is 4. The third-order valence-corrected chi connectivity index (χ3v) is 8.20. The van der Waals surface area contributed by atoms with E-state index in [1.54, 1.807) is 12.1 Å². The first-order valence-electron chi connectivity index (χ1n) is 11.7. The number of amides is 1. The number of halogens is 2. The van der Waals surface area contributed by atoms with E-state index in [0.29, 0.717) is 49.1 Å². The zero-order chi connectivity index (χ0) is 24.8. The fourth-order valence-electron chi connectivity index (χ4n) is 5.57. The molecule has 3 saturated carbocycles. The summed E-state index contributed by atoms with van der Waals surface area (Å²) in [6.07, 6.45) is 7.65. The van der Waals surface area contributed by atoms with E-state index in [-0.39, 0.29) is 16.3 Å². The van der Waals surface area contributed by atoms with Crippen LogP contribution >= 0.6 is 11.6 Å². The Balaban J connectivity index is 1.30. The summed E-state index contributed by atoms with van der Waals surface area (Å²) in [5.74, 6) is -1.43. The SMILES string of the molecule is Cn1cc(NCc2ccc(F)c(Cl)c2)c2ncnc(C(=O)NCC34CCC(C(=O)O)(CC3)CC4)c21. The number of hydrogen-bond acceptors (Lipinski definition) is 5. The highest BCUT2D eigenvalue weighted by Gasteiger charge is 2.52. The van der Waals surface area contributed by atoms with Gasteiger partial charge in [0.05, 0.1) is 16.1 Å². The van der Waals surface area contributed by atoms with Crippen molar-refractivity contribution in [3.05, 3.63) is 52.8 Å². The first-order valence-corrected chi connectivity index (χ1v) is 12.1. The molecule has 0 aliphatic heterocycles. The van der Waals surface area contributed by atoms with Crippen molar-refractivity contribution in [1.29, 1.82) is 0 Å². The van der Waals surface area contributed by atoms with Gasteiger partial charge in [0, 0.05) is 26.3 Å². The van der Waals surface area contributed by atoms with Crippen LogP contribution in [0.2, 0.25) is 5.02 Å². The summed E-state index contributed by atoms with van der Waals surface area (Å²) >= 11 is 5.88. The molecule has 2 bridgehead atoms. The van der Waals surface area contributed by atoms with Crippen LogP contribution in [0.1, 0.15) is 54.6 Å². The number of carbonyl (C=O) groups is 2. The topological polar surface area (TPSA) is 109 Å². The molecule has 0 spiro atoms. The number of anilines is 1. The van der Waals surface area contributed by atoms with Gasteiger partial charge in [-0.05, 0) is 61.6 Å². The Bertz CT molecular complexity index is 1300. The Morgan fingerprint density at radius 1 is 1.17 bits per heavy atom. The number of carboxylic acid groups (broad SMARTS) is 1. The van der Waals surface area contributed by atoms with E-state index in [2.05, 4.69) is 20.6 Å². The average molecular weight is 500 g/mol. The van der Waals surface area contributed by atoms with Gasteiger partial charge >= 0.3 is 5.97 Å². The second kappa shape index (κ2) is 8.78. The zero-order valence-corrected chi connectivity index (χ0v) is 20.2. The number of aromatic nitrogens is 3. The third kappa shape index (κ3) is 4.22. The Morgan fingerprint density at radius 2 is 1.89 bits per heavy atom. The lowest BCUT2D eigenvalue weighted by Crippen LogP contribution is -2.50. The third-order valence-electron chi connectivity index (χ3n) is 7.91. The Morgan fingerprint density at radius 3 is 2.54 bits per heavy atom. The van der Waals surface area contributed by atoms with Crippen molar-refractivity contribution in [2.24, 2.45) is 17.9 Å². The molecule has 2 heterocycles. The molecular weight excluding hydrogens is 473 g/mol. The fourth-order valence-corrected chi connectivity index (χ4v) is 5.78. The molecule has 0 atom stereocenters. The number of nitrogens with one attached hydrogen (secondary N) is 2. The molecule has 184 valence electrons. The molecule has 3 aromatic rings. The molecule has 3 fully saturated rings. The summed E-state index contributed by atoms with van der Waals surface area (Å²) in [4.78, 5) is 33.5. The molecule has 1 aromatic carbocycles. The summed E-state index contributed by atoms with van der Waals surface area (Å²) in [5.41, 5.74) is 2.43. The van der Waals surface area contributed by atoms with E-state index in [9.17, 15) is 19.1 Å². The lowest BCUT2D eigenvalue weighted by molar-refractivity contribution is -0.158. The van der Waals surface area contributed by atoms with Crippen LogP contribution in [0.3, 0.4) is 0 Å². The predicted octanol–water partition coefficient (Wildman–Crippen LogP) is 4.53. The van der Waals surface area contributed by atoms with Crippen molar-refractivity contribution in [3.63, 3.8) is 0 Å². The lowest BCUT2D eigenvalue weighted by Gasteiger charge is -2.51. The van der Waals surface area contributed by atoms with Gasteiger partial charge in [-0.15, -0.1) is 0 Å². The van der Waals surface area contributed by atoms with Gasteiger partial charge in [-0.3, -0.25) is 9.59 Å². The molecule has 0 radical (unpaired) electrons. The minimum atomic E-state index is -0.686. The summed E-state index contributed by atoms with van der Waals surface area (Å²) in [7, 11) is 1.83. The molecule has 35 heavy (non-hydrogen) atoms. The minimum Gasteiger partial charge on any atom is -0.481 e. The average Bonchev–Trinajstić information content (AvgIpc) is 3.20. The van der Waals surface area contributed by atoms with Crippen LogP contribution in [0.4, 0.5) is 10.1 Å². The van der Waals surface area contributed by atoms with Gasteiger partial charge in [0.25, 0.3) is 5.91 Å². The lowest BCUT2D eigenvalue weighted by atomic mass is 9.53. The quantitative estimate of drug-likeness (QED) is 0.440. The van der Waals surface area contributed by atoms with Crippen LogP contribution in [0.25, 0.3) is 11.0 Å². The van der Waals surface area contributed by atoms with Gasteiger partial charge in [-0.1, -0.05) is 17.7 Å². The van der Waals surface area contributed by atoms with Crippen LogP contribution in [0, 0.1) is 16.6 Å². The van der Waals surface area contributed by atoms with Crippen molar-refractivity contribution in [1.82, 2.24) is 19.9 Å². The van der Waals surface area contributed by atoms with Crippen LogP contribution < -0.4 is 10.6 Å². The molecule has 6 rings (SSSR count). The zero-order valence-electron chi connectivity index (χ0n) is 19.4. The van der Waals surface area contributed by atoms with Gasteiger partial charge in [-0.25, -0.2) is 14.4 Å². The van der Waals surface area contributed by atoms with Crippen LogP contribution in [-0.2, 0) is 18.4 Å². The Labute approximate surface area is 206 Å². The first kappa shape index (κ1) is 23.5. The van der Waals surface area contributed by atoms with E-state index in [1.165, 1.54) is 12.4 Å². The molecule has 3 N–H and O–H groups in total. The molecule has 3 aliphatic rings. The first-order chi connectivity index (χ1) is 16.7. The van der Waals surface area contributed by atoms with E-state index in [1.807, 2.05) is 17.8 Å². The Hall–Kier alpha value is -3.20. The van der Waals surface area contributed by atoms with Gasteiger partial charge in [0.1, 0.15) is 23.2 Å². The van der Waals surface area contributed by atoms with Crippen LogP contribution in [0.15, 0.2) is 30.7 Å². The van der Waals surface area contributed by atoms with Gasteiger partial charge < -0.3 is 20.3 Å². The Kier molecular flexibility index (Phi) is 5.91. The highest BCUT2D eigenvalue weighted by molar-refractivity contribution is 6.30. The number of hydrogen-bond donors (Lipinski definition) is 3. The molecule has 0 saturated heterocycles. The van der Waals surface area contributed by atoms with E-state index in [0.717, 1.165) is 30.5 Å². The molecule has 3 aliphatic carbocycles. The molecule has 10 heteroatoms. The smallest absolute Gasteiger partial charge is 0.309 e. The van der Waals surface area contributed by atoms with Crippen molar-refractivity contribution >= 4 is 40.2 Å². The molecule has 1 amide bonds. The number of carbonyl (C=O) groups excluding carboxylic acids is 1. The van der Waals surface area contributed by atoms with Crippen molar-refractivity contribution in [2.45, 2.75) is 45.1 Å². The molecule has 0 unspecified atom stereocenters. The van der Waals surface area contributed by atoms with E-state index >= 15 is 0 Å². The fraction of sp³-hybridized carbons (Fsp3) is 0.440. The summed E-state index contributed by atoms with van der Waals surface area (Å²) < 4.78 is 15.2. The maximum atomic E-state index is 13.4. The normalized spacial score (nSPS) is 23.4. The standard InChI is InChI=1S/C25H27ClFN5O3/c1-32-12-18(28-11-15-2-3-17(27)16(26)10-15)19-21(32)20(31-14-30-19)22(33)29-13-24-4-7-25(8-5-24,9-6-24)23(34)35/h2-3,10,12,14,28H,4-9,11,13H2,1H3,(H,29,33)(H,34,35). The minimum absolute atomic E-state index is 0.0453. The van der Waals surface area contributed by atoms with Crippen molar-refractivity contribution < 1.29 is 19.1 Å². The predicted molar refractivity (Wildman–Crippen MR) is 130 cm³/mol. The van der Waals surface area contributed by atoms with Gasteiger partial charge in [0.15, 0.2) is 5.69 Å². The number of aryl methyl sites for hydroxylation is 1. The monoisotopic (exact) mass is 499 g/mol. The number of benzene rings is 1. The largest absolute Gasteiger partial charge is 0.481 e. The number of rotatable bonds is 7. The number of carboxylic acids is 1. The van der Waals surface area contributed by atoms with E-state index < -0.39 is 17.2 Å². The second-order valence-electron chi connectivity index (χ2n) is 9.94. The molecular formula is C25H27ClFN5O3. The van der Waals surface area contributed by atoms with E-state index in [4.69, 9.17) is 11.6 Å². The van der Waals surface area contributed by atoms with Crippen molar-refractivity contribution in [3.8, 4) is 0 Å². The maximum Gasteiger partial charge on any atom is 0.309 e. The second-order valence-corrected chi connectivity index (χ2v) is 10.4. The molecule has 8 nitrogen and oxygen atoms in total. The molecule has 2 aromatic heterocycles. The van der Waals surface area contributed by atoms with Crippen molar-refractivity contribution in [2.75, 3.05) is 11.9 Å². The van der Waals surface area contributed by atoms with Gasteiger partial charge in [-0.2, -0.15) is 0 Å². The number of aliphatic carboxylic acids is 1.